The number of aromatic nitrogens is 10. The van der Waals surface area contributed by atoms with Crippen LogP contribution < -0.4 is 16.0 Å². The third kappa shape index (κ3) is 17.3. The molecule has 0 radical (unpaired) electrons. The first-order valence-corrected chi connectivity index (χ1v) is 38.2. The number of fused-ring (bicyclic) bond motifs is 4. The molecule has 6 N–H and O–H groups in total. The van der Waals surface area contributed by atoms with Crippen LogP contribution in [0, 0.1) is 37.3 Å². The number of amides is 5. The third-order valence-electron chi connectivity index (χ3n) is 23.7. The summed E-state index contributed by atoms with van der Waals surface area (Å²) in [6.07, 6.45) is 23.3. The summed E-state index contributed by atoms with van der Waals surface area (Å²) < 4.78 is 31.4. The van der Waals surface area contributed by atoms with E-state index in [2.05, 4.69) is 84.2 Å². The molecule has 16 rings (SSSR count). The SMILES string of the molecule is Cc1cc(C[C@@H](NC(=O)N2CCC(C3=Cc4ccc(F)cc4CC3=O)CC2)C(=O)N2CCC(N3CCC(c4nncn4C)CC3)CC2)cc2cn[nH]c12.Cc1cc(C[C@@H](NC(=O)N2CCC(C3=Cc4ccc(F)cc4CC3=O)CC2)C(=O)O)cc2cn[nH]c12.Cn1cnnc1C1CCN(C2CCNCC2)CC1. The van der Waals surface area contributed by atoms with Gasteiger partial charge in [-0.15, -0.1) is 20.4 Å². The van der Waals surface area contributed by atoms with Crippen molar-refractivity contribution >= 4 is 69.5 Å². The van der Waals surface area contributed by atoms with E-state index in [1.165, 1.54) is 82.0 Å². The summed E-state index contributed by atoms with van der Waals surface area (Å²) in [5.41, 5.74) is 10.3. The molecule has 0 bridgehead atoms. The van der Waals surface area contributed by atoms with Crippen LogP contribution in [0.15, 0.2) is 96.9 Å². The van der Waals surface area contributed by atoms with Crippen LogP contribution in [0.25, 0.3) is 34.0 Å². The van der Waals surface area contributed by atoms with E-state index in [-0.39, 0.29) is 66.2 Å². The Morgan fingerprint density at radius 1 is 0.523 bits per heavy atom. The molecule has 4 aromatic carbocycles. The molecule has 6 saturated heterocycles. The second-order valence-corrected chi connectivity index (χ2v) is 30.6. The Hall–Kier alpha value is -9.86. The number of hydrogen-bond acceptors (Lipinski definition) is 15. The molecule has 27 heteroatoms. The minimum absolute atomic E-state index is 0.00757. The molecule has 0 saturated carbocycles. The van der Waals surface area contributed by atoms with Crippen LogP contribution in [0.2, 0.25) is 0 Å². The largest absolute Gasteiger partial charge is 0.480 e. The maximum absolute atomic E-state index is 14.3. The monoisotopic (exact) mass is 1460 g/mol. The summed E-state index contributed by atoms with van der Waals surface area (Å²) in [6.45, 7) is 13.9. The number of carbonyl (C=O) groups excluding carboxylic acids is 5. The summed E-state index contributed by atoms with van der Waals surface area (Å²) >= 11 is 0. The number of carbonyl (C=O) groups is 6. The molecule has 564 valence electrons. The Balaban J connectivity index is 0.000000152. The van der Waals surface area contributed by atoms with Gasteiger partial charge < -0.3 is 54.7 Å². The predicted molar refractivity (Wildman–Crippen MR) is 401 cm³/mol. The van der Waals surface area contributed by atoms with Crippen molar-refractivity contribution in [3.05, 3.63) is 165 Å². The van der Waals surface area contributed by atoms with Gasteiger partial charge >= 0.3 is 18.0 Å². The third-order valence-corrected chi connectivity index (χ3v) is 23.7. The fourth-order valence-electron chi connectivity index (χ4n) is 17.7. The van der Waals surface area contributed by atoms with Gasteiger partial charge in [-0.3, -0.25) is 24.6 Å². The topological polar surface area (TPSA) is 294 Å². The lowest BCUT2D eigenvalue weighted by atomic mass is 9.80. The second-order valence-electron chi connectivity index (χ2n) is 30.6. The van der Waals surface area contributed by atoms with E-state index in [9.17, 15) is 42.7 Å². The first-order valence-electron chi connectivity index (χ1n) is 38.2. The quantitative estimate of drug-likeness (QED) is 0.0592. The highest BCUT2D eigenvalue weighted by atomic mass is 19.1. The van der Waals surface area contributed by atoms with E-state index >= 15 is 0 Å². The van der Waals surface area contributed by atoms with E-state index < -0.39 is 24.1 Å². The zero-order valence-corrected chi connectivity index (χ0v) is 61.6. The van der Waals surface area contributed by atoms with Crippen LogP contribution in [-0.2, 0) is 59.0 Å². The first-order chi connectivity index (χ1) is 51.8. The number of piperidine rings is 6. The Bertz CT molecular complexity index is 4610. The van der Waals surface area contributed by atoms with Crippen molar-refractivity contribution in [2.45, 2.75) is 153 Å². The summed E-state index contributed by atoms with van der Waals surface area (Å²) in [5, 5.41) is 51.7. The van der Waals surface area contributed by atoms with E-state index in [0.29, 0.717) is 94.8 Å². The second kappa shape index (κ2) is 33.1. The van der Waals surface area contributed by atoms with Crippen LogP contribution >= 0.6 is 0 Å². The number of nitrogens with one attached hydrogen (secondary N) is 5. The summed E-state index contributed by atoms with van der Waals surface area (Å²) in [6, 6.07) is 15.7. The number of aliphatic carboxylic acids is 1. The fraction of sp³-hybridized carbons (Fsp3) is 0.500. The highest BCUT2D eigenvalue weighted by molar-refractivity contribution is 6.05. The molecule has 5 amide bonds. The number of carboxylic acid groups (broad SMARTS) is 1. The van der Waals surface area contributed by atoms with E-state index in [1.807, 2.05) is 67.0 Å². The van der Waals surface area contributed by atoms with Crippen molar-refractivity contribution in [1.29, 1.82) is 0 Å². The lowest BCUT2D eigenvalue weighted by molar-refractivity contribution is -0.139. The van der Waals surface area contributed by atoms with Crippen LogP contribution in [0.5, 0.6) is 0 Å². The van der Waals surface area contributed by atoms with E-state index in [4.69, 9.17) is 0 Å². The number of likely N-dealkylation sites (tertiary alicyclic amines) is 5. The van der Waals surface area contributed by atoms with E-state index in [0.717, 1.165) is 123 Å². The Morgan fingerprint density at radius 3 is 1.36 bits per heavy atom. The highest BCUT2D eigenvalue weighted by Crippen LogP contribution is 2.37. The van der Waals surface area contributed by atoms with Crippen LogP contribution in [0.3, 0.4) is 0 Å². The molecule has 107 heavy (non-hydrogen) atoms. The van der Waals surface area contributed by atoms with Crippen LogP contribution in [-0.4, -0.2) is 218 Å². The molecule has 25 nitrogen and oxygen atoms in total. The predicted octanol–water partition coefficient (Wildman–Crippen LogP) is 8.93. The molecule has 6 aliphatic heterocycles. The summed E-state index contributed by atoms with van der Waals surface area (Å²) in [7, 11) is 4.06. The van der Waals surface area contributed by atoms with Crippen molar-refractivity contribution < 1.29 is 42.7 Å². The number of carboxylic acids is 1. The van der Waals surface area contributed by atoms with Gasteiger partial charge in [-0.1, -0.05) is 24.3 Å². The number of Topliss-reactive ketones (excluding diaryl/α,β-unsaturated/α-hetero) is 2. The highest BCUT2D eigenvalue weighted by Gasteiger charge is 2.38. The van der Waals surface area contributed by atoms with Crippen LogP contribution in [0.4, 0.5) is 18.4 Å². The average Bonchev–Trinajstić information content (AvgIpc) is 1.77. The van der Waals surface area contributed by atoms with Gasteiger partial charge in [0.25, 0.3) is 0 Å². The molecule has 4 aromatic heterocycles. The van der Waals surface area contributed by atoms with Gasteiger partial charge in [0, 0.05) is 114 Å². The average molecular weight is 1460 g/mol. The minimum atomic E-state index is -1.10. The Morgan fingerprint density at radius 2 is 0.935 bits per heavy atom. The minimum Gasteiger partial charge on any atom is -0.480 e. The van der Waals surface area contributed by atoms with E-state index in [1.54, 1.807) is 40.7 Å². The molecule has 2 atom stereocenters. The Labute approximate surface area is 621 Å². The number of halogens is 2. The smallest absolute Gasteiger partial charge is 0.326 e. The number of ketones is 2. The maximum atomic E-state index is 14.3. The molecule has 10 heterocycles. The zero-order valence-electron chi connectivity index (χ0n) is 61.6. The molecule has 8 aromatic rings. The normalized spacial score (nSPS) is 19.8. The number of rotatable bonds is 14. The summed E-state index contributed by atoms with van der Waals surface area (Å²) in [4.78, 5) is 89.3. The van der Waals surface area contributed by atoms with Gasteiger partial charge in [-0.05, 0) is 246 Å². The van der Waals surface area contributed by atoms with Crippen molar-refractivity contribution in [3.8, 4) is 0 Å². The fourth-order valence-corrected chi connectivity index (χ4v) is 17.7. The first kappa shape index (κ1) is 74.0. The standard InChI is InChI=1S/C40H48FN9O3.C27H27FN4O4.C13H23N5/c1-25-17-26(18-31-23-42-45-37(25)31)19-35(39(52)49-15-9-33(10-16-49)48-11-7-28(8-12-48)38-46-43-24-47(38)2)44-40(53)50-13-5-27(6-14-50)34-21-29-3-4-32(41)20-30(29)22-36(34)51;1-15-8-16(9-20-14-29-31-25(15)20)10-23(26(34)35)30-27(36)32-6-4-17(5-7-32)22-12-18-2-3-21(28)11-19(18)13-24(22)33;1-17-10-15-16-13(17)11-4-8-18(9-5-11)12-2-6-14-7-3-12/h3-4,17-18,20-21,23-24,27-28,33,35H,5-16,19,22H2,1-2H3,(H,42,45)(H,44,53);2-3,8-9,11-12,14,17,23H,4-7,10,13H2,1H3,(H,29,31)(H,30,36)(H,34,35);10-12,14H,2-9H2,1H3/t35-;23-;/m11./s1. The molecular formula is C80H98F2N18O7. The number of hydrogen-bond donors (Lipinski definition) is 6. The number of allylic oxidation sites excluding steroid dienone is 2. The number of H-pyrrole nitrogens is 2. The zero-order chi connectivity index (χ0) is 74.4. The number of aromatic amines is 2. The van der Waals surface area contributed by atoms with Gasteiger partial charge in [0.1, 0.15) is 48.0 Å². The molecule has 0 unspecified atom stereocenters. The van der Waals surface area contributed by atoms with Crippen LogP contribution in [0.1, 0.15) is 145 Å². The maximum Gasteiger partial charge on any atom is 0.326 e. The van der Waals surface area contributed by atoms with Gasteiger partial charge in [-0.2, -0.15) is 10.2 Å². The van der Waals surface area contributed by atoms with Gasteiger partial charge in [0.2, 0.25) is 5.91 Å². The summed E-state index contributed by atoms with van der Waals surface area (Å²) in [5.74, 6) is 1.49. The van der Waals surface area contributed by atoms with Crippen molar-refractivity contribution in [2.24, 2.45) is 25.9 Å². The molecule has 0 spiro atoms. The lowest BCUT2D eigenvalue weighted by Gasteiger charge is -2.42. The van der Waals surface area contributed by atoms with Crippen molar-refractivity contribution in [3.63, 3.8) is 0 Å². The van der Waals surface area contributed by atoms with Gasteiger partial charge in [-0.25, -0.2) is 23.2 Å². The van der Waals surface area contributed by atoms with Crippen molar-refractivity contribution in [2.75, 3.05) is 78.5 Å². The number of urea groups is 2. The molecule has 8 aliphatic rings. The Kier molecular flexibility index (Phi) is 22.9. The van der Waals surface area contributed by atoms with Crippen molar-refractivity contribution in [1.82, 2.24) is 90.4 Å². The lowest BCUT2D eigenvalue weighted by Crippen LogP contribution is -2.56. The van der Waals surface area contributed by atoms with Gasteiger partial charge in [0.15, 0.2) is 11.6 Å². The molecule has 2 aliphatic carbocycles. The molecule has 6 fully saturated rings. The number of benzene rings is 4. The number of aryl methyl sites for hydroxylation is 4. The number of nitrogens with zero attached hydrogens (tertiary/aromatic N) is 13. The molecular weight excluding hydrogens is 1360 g/mol. The van der Waals surface area contributed by atoms with Gasteiger partial charge in [0.05, 0.1) is 23.4 Å².